The fraction of sp³-hybridized carbons (Fsp3) is 0.167. The van der Waals surface area contributed by atoms with Crippen molar-refractivity contribution in [3.8, 4) is 11.5 Å². The molecule has 0 unspecified atom stereocenters. The summed E-state index contributed by atoms with van der Waals surface area (Å²) in [6.07, 6.45) is -9.94. The first-order valence-electron chi connectivity index (χ1n) is 7.98. The number of carboxylic acids is 1. The summed E-state index contributed by atoms with van der Waals surface area (Å²) in [6, 6.07) is 2.48. The first-order valence-corrected chi connectivity index (χ1v) is 7.98. The molecule has 2 rings (SSSR count). The quantitative estimate of drug-likeness (QED) is 0.400. The van der Waals surface area contributed by atoms with Crippen molar-refractivity contribution in [3.63, 3.8) is 0 Å². The number of rotatable bonds is 7. The van der Waals surface area contributed by atoms with Crippen molar-refractivity contribution >= 4 is 17.7 Å². The van der Waals surface area contributed by atoms with Crippen molar-refractivity contribution in [2.45, 2.75) is 18.8 Å². The molecule has 0 atom stereocenters. The lowest BCUT2D eigenvalue weighted by molar-refractivity contribution is -0.287. The molecule has 0 saturated carbocycles. The van der Waals surface area contributed by atoms with E-state index >= 15 is 0 Å². The average Bonchev–Trinajstić information content (AvgIpc) is 2.59. The molecule has 2 aromatic carbocycles. The Morgan fingerprint density at radius 3 is 2.03 bits per heavy atom. The molecule has 0 saturated heterocycles. The molecule has 0 aliphatic carbocycles. The average molecular weight is 457 g/mol. The number of carbonyl (C=O) groups is 1. The molecule has 0 bridgehead atoms. The predicted octanol–water partition coefficient (Wildman–Crippen LogP) is 5.90. The Morgan fingerprint density at radius 1 is 0.871 bits per heavy atom. The number of halogens is 8. The van der Waals surface area contributed by atoms with E-state index in [1.807, 2.05) is 0 Å². The van der Waals surface area contributed by atoms with Gasteiger partial charge in [0.05, 0.1) is 11.3 Å². The fourth-order valence-electron chi connectivity index (χ4n) is 2.24. The largest absolute Gasteiger partial charge is 0.573 e. The number of nitrogens with one attached hydrogen (secondary N) is 1. The monoisotopic (exact) mass is 457 g/mol. The topological polar surface area (TPSA) is 67.8 Å². The molecule has 13 heteroatoms. The van der Waals surface area contributed by atoms with Gasteiger partial charge in [0.1, 0.15) is 0 Å². The van der Waals surface area contributed by atoms with E-state index in [9.17, 15) is 39.9 Å². The zero-order valence-electron chi connectivity index (χ0n) is 14.9. The van der Waals surface area contributed by atoms with Crippen LogP contribution < -0.4 is 14.8 Å². The molecule has 0 fully saturated rings. The number of hydrogen-bond acceptors (Lipinski definition) is 4. The third-order valence-corrected chi connectivity index (χ3v) is 3.36. The van der Waals surface area contributed by atoms with E-state index in [1.54, 1.807) is 5.32 Å². The molecule has 168 valence electrons. The van der Waals surface area contributed by atoms with Crippen LogP contribution in [0.15, 0.2) is 48.5 Å². The van der Waals surface area contributed by atoms with Crippen molar-refractivity contribution in [2.75, 3.05) is 5.32 Å². The normalized spacial score (nSPS) is 12.6. The number of ether oxygens (including phenoxy) is 2. The maximum absolute atomic E-state index is 14.1. The Labute approximate surface area is 168 Å². The first kappa shape index (κ1) is 23.8. The lowest BCUT2D eigenvalue weighted by atomic mass is 10.1. The Hall–Kier alpha value is -3.51. The first-order chi connectivity index (χ1) is 14.2. The van der Waals surface area contributed by atoms with Gasteiger partial charge in [-0.3, -0.25) is 0 Å². The molecule has 0 spiro atoms. The second kappa shape index (κ2) is 8.70. The van der Waals surface area contributed by atoms with Gasteiger partial charge in [-0.05, 0) is 29.8 Å². The van der Waals surface area contributed by atoms with Crippen LogP contribution in [0.25, 0.3) is 6.08 Å². The molecule has 2 N–H and O–H groups in total. The SMILES string of the molecule is O=C(O)c1ccccc1NC(F)(F)C=Cc1ccc(OC(F)(F)F)c(OC(F)(F)F)c1. The highest BCUT2D eigenvalue weighted by Gasteiger charge is 2.36. The van der Waals surface area contributed by atoms with Crippen LogP contribution in [-0.4, -0.2) is 29.8 Å². The summed E-state index contributed by atoms with van der Waals surface area (Å²) in [4.78, 5) is 11.1. The minimum atomic E-state index is -5.38. The number of anilines is 1. The lowest BCUT2D eigenvalue weighted by Gasteiger charge is -2.17. The molecule has 0 amide bonds. The van der Waals surface area contributed by atoms with E-state index in [4.69, 9.17) is 5.11 Å². The van der Waals surface area contributed by atoms with Crippen LogP contribution in [0.2, 0.25) is 0 Å². The summed E-state index contributed by atoms with van der Waals surface area (Å²) >= 11 is 0. The molecule has 0 aliphatic heterocycles. The molecule has 0 radical (unpaired) electrons. The van der Waals surface area contributed by atoms with Crippen molar-refractivity contribution < 1.29 is 54.5 Å². The van der Waals surface area contributed by atoms with E-state index in [0.717, 1.165) is 18.2 Å². The van der Waals surface area contributed by atoms with Gasteiger partial charge in [-0.2, -0.15) is 8.78 Å². The maximum atomic E-state index is 14.1. The summed E-state index contributed by atoms with van der Waals surface area (Å²) in [5, 5.41) is 10.6. The Kier molecular flexibility index (Phi) is 6.67. The molecule has 0 aliphatic rings. The number of carboxylic acid groups (broad SMARTS) is 1. The van der Waals surface area contributed by atoms with Crippen LogP contribution in [0.5, 0.6) is 11.5 Å². The Bertz CT molecular complexity index is 970. The van der Waals surface area contributed by atoms with Crippen LogP contribution >= 0.6 is 0 Å². The van der Waals surface area contributed by atoms with Gasteiger partial charge in [0.25, 0.3) is 0 Å². The van der Waals surface area contributed by atoms with Crippen LogP contribution in [-0.2, 0) is 0 Å². The zero-order chi connectivity index (χ0) is 23.4. The molecule has 5 nitrogen and oxygen atoms in total. The molecule has 2 aromatic rings. The van der Waals surface area contributed by atoms with Crippen molar-refractivity contribution in [1.29, 1.82) is 0 Å². The van der Waals surface area contributed by atoms with Gasteiger partial charge in [-0.1, -0.05) is 24.3 Å². The number of aromatic carboxylic acids is 1. The number of para-hydroxylation sites is 1. The Morgan fingerprint density at radius 2 is 1.45 bits per heavy atom. The van der Waals surface area contributed by atoms with Crippen LogP contribution in [0, 0.1) is 0 Å². The van der Waals surface area contributed by atoms with Crippen molar-refractivity contribution in [2.24, 2.45) is 0 Å². The summed E-state index contributed by atoms with van der Waals surface area (Å²) in [5.41, 5.74) is -1.30. The summed E-state index contributed by atoms with van der Waals surface area (Å²) in [5.74, 6) is -4.22. The molecular formula is C18H11F8NO4. The molecule has 31 heavy (non-hydrogen) atoms. The standard InChI is InChI=1S/C18H11F8NO4/c19-16(20,27-12-4-2-1-3-11(12)15(28)29)8-7-10-5-6-13(30-17(21,22)23)14(9-10)31-18(24,25)26/h1-9,27H,(H,28,29). The molecule has 0 aromatic heterocycles. The summed E-state index contributed by atoms with van der Waals surface area (Å²) in [6.45, 7) is 0. The van der Waals surface area contributed by atoms with Gasteiger partial charge < -0.3 is 19.9 Å². The van der Waals surface area contributed by atoms with Crippen LogP contribution in [0.4, 0.5) is 40.8 Å². The second-order valence-corrected chi connectivity index (χ2v) is 5.73. The van der Waals surface area contributed by atoms with Crippen LogP contribution in [0.3, 0.4) is 0 Å². The zero-order valence-corrected chi connectivity index (χ0v) is 14.9. The number of hydrogen-bond donors (Lipinski definition) is 2. The maximum Gasteiger partial charge on any atom is 0.573 e. The van der Waals surface area contributed by atoms with Gasteiger partial charge in [0.2, 0.25) is 0 Å². The van der Waals surface area contributed by atoms with E-state index in [0.29, 0.717) is 18.2 Å². The highest BCUT2D eigenvalue weighted by molar-refractivity contribution is 5.94. The fourth-order valence-corrected chi connectivity index (χ4v) is 2.24. The van der Waals surface area contributed by atoms with Gasteiger partial charge in [0, 0.05) is 6.08 Å². The van der Waals surface area contributed by atoms with E-state index in [-0.39, 0.29) is 11.6 Å². The minimum absolute atomic E-state index is 0.169. The third kappa shape index (κ3) is 7.68. The summed E-state index contributed by atoms with van der Waals surface area (Å²) in [7, 11) is 0. The van der Waals surface area contributed by atoms with Gasteiger partial charge >= 0.3 is 24.7 Å². The number of alkyl halides is 8. The smallest absolute Gasteiger partial charge is 0.478 e. The molecular weight excluding hydrogens is 446 g/mol. The summed E-state index contributed by atoms with van der Waals surface area (Å²) < 4.78 is 110. The van der Waals surface area contributed by atoms with Crippen molar-refractivity contribution in [3.05, 3.63) is 59.7 Å². The molecule has 0 heterocycles. The van der Waals surface area contributed by atoms with E-state index in [1.165, 1.54) is 12.1 Å². The minimum Gasteiger partial charge on any atom is -0.478 e. The van der Waals surface area contributed by atoms with Crippen LogP contribution in [0.1, 0.15) is 15.9 Å². The van der Waals surface area contributed by atoms with Gasteiger partial charge in [-0.25, -0.2) is 4.79 Å². The Balaban J connectivity index is 2.30. The van der Waals surface area contributed by atoms with Crippen molar-refractivity contribution in [1.82, 2.24) is 0 Å². The number of benzene rings is 2. The predicted molar refractivity (Wildman–Crippen MR) is 90.8 cm³/mol. The van der Waals surface area contributed by atoms with Gasteiger partial charge in [-0.15, -0.1) is 26.3 Å². The highest BCUT2D eigenvalue weighted by atomic mass is 19.4. The van der Waals surface area contributed by atoms with Gasteiger partial charge in [0.15, 0.2) is 11.5 Å². The lowest BCUT2D eigenvalue weighted by Crippen LogP contribution is -2.25. The van der Waals surface area contributed by atoms with E-state index < -0.39 is 47.5 Å². The second-order valence-electron chi connectivity index (χ2n) is 5.73. The highest BCUT2D eigenvalue weighted by Crippen LogP contribution is 2.37. The third-order valence-electron chi connectivity index (χ3n) is 3.36. The van der Waals surface area contributed by atoms with E-state index in [2.05, 4.69) is 9.47 Å².